The molecule has 5 nitrogen and oxygen atoms in total. The van der Waals surface area contributed by atoms with Crippen molar-refractivity contribution in [1.29, 1.82) is 0 Å². The first-order valence-corrected chi connectivity index (χ1v) is 10.9. The monoisotopic (exact) mass is 404 g/mol. The molecule has 5 heteroatoms. The van der Waals surface area contributed by atoms with E-state index in [0.29, 0.717) is 24.7 Å². The third kappa shape index (κ3) is 6.56. The summed E-state index contributed by atoms with van der Waals surface area (Å²) in [6.45, 7) is 8.25. The van der Waals surface area contributed by atoms with Crippen LogP contribution in [0.4, 0.5) is 0 Å². The number of aliphatic hydroxyl groups excluding tert-OH is 1. The van der Waals surface area contributed by atoms with E-state index in [9.17, 15) is 14.7 Å². The fourth-order valence-corrected chi connectivity index (χ4v) is 4.48. The number of fused-ring (bicyclic) bond motifs is 1. The normalized spacial score (nSPS) is 31.1. The Balaban J connectivity index is 2.11. The third-order valence-corrected chi connectivity index (χ3v) is 6.38. The zero-order chi connectivity index (χ0) is 21.6. The van der Waals surface area contributed by atoms with E-state index in [4.69, 9.17) is 9.84 Å². The molecular formula is C24H36O5. The number of allylic oxidation sites excluding steroid dienone is 3. The number of hydrogen-bond acceptors (Lipinski definition) is 4. The van der Waals surface area contributed by atoms with Crippen molar-refractivity contribution in [3.05, 3.63) is 36.0 Å². The molecule has 0 fully saturated rings. The molecule has 0 bridgehead atoms. The van der Waals surface area contributed by atoms with Gasteiger partial charge in [-0.2, -0.15) is 0 Å². The zero-order valence-corrected chi connectivity index (χ0v) is 18.1. The first-order chi connectivity index (χ1) is 13.7. The van der Waals surface area contributed by atoms with Crippen LogP contribution in [0.25, 0.3) is 0 Å². The number of carboxylic acid groups (broad SMARTS) is 1. The van der Waals surface area contributed by atoms with Gasteiger partial charge in [0.15, 0.2) is 0 Å². The lowest BCUT2D eigenvalue weighted by Crippen LogP contribution is -2.41. The van der Waals surface area contributed by atoms with Gasteiger partial charge in [-0.25, -0.2) is 4.79 Å². The number of hydrogen-bond donors (Lipinski definition) is 2. The van der Waals surface area contributed by atoms with Gasteiger partial charge < -0.3 is 14.9 Å². The standard InChI is InChI=1S/C24H36O5/c1-5-16(3)24(28)29-21-14-15(2)13-18-10-9-17(4)20(23(18)21)12-11-19(25)7-6-8-22(26)27/h6,8-10,13,15-17,19-21,23,25H,5,7,11-12,14H2,1-4H3,(H,26,27)/b8-6+/t15-,16-,17-,19-,20-,21-,23-/m0/s1. The first kappa shape index (κ1) is 23.4. The van der Waals surface area contributed by atoms with Gasteiger partial charge in [0.05, 0.1) is 12.0 Å². The highest BCUT2D eigenvalue weighted by molar-refractivity contribution is 5.79. The maximum Gasteiger partial charge on any atom is 0.327 e. The fourth-order valence-electron chi connectivity index (χ4n) is 4.48. The van der Waals surface area contributed by atoms with E-state index in [0.717, 1.165) is 25.3 Å². The van der Waals surface area contributed by atoms with Crippen molar-refractivity contribution in [2.24, 2.45) is 29.6 Å². The van der Waals surface area contributed by atoms with Crippen molar-refractivity contribution in [3.63, 3.8) is 0 Å². The van der Waals surface area contributed by atoms with Crippen molar-refractivity contribution in [2.45, 2.75) is 72.0 Å². The molecule has 0 saturated carbocycles. The van der Waals surface area contributed by atoms with Crippen LogP contribution in [0, 0.1) is 29.6 Å². The van der Waals surface area contributed by atoms with Crippen LogP contribution in [-0.2, 0) is 14.3 Å². The van der Waals surface area contributed by atoms with E-state index in [1.165, 1.54) is 11.6 Å². The summed E-state index contributed by atoms with van der Waals surface area (Å²) >= 11 is 0. The number of rotatable bonds is 9. The predicted molar refractivity (Wildman–Crippen MR) is 113 cm³/mol. The number of aliphatic hydroxyl groups is 1. The van der Waals surface area contributed by atoms with Gasteiger partial charge in [-0.1, -0.05) is 52.0 Å². The molecule has 0 aromatic carbocycles. The largest absolute Gasteiger partial charge is 0.478 e. The van der Waals surface area contributed by atoms with Gasteiger partial charge in [0.1, 0.15) is 6.10 Å². The molecule has 0 amide bonds. The third-order valence-electron chi connectivity index (χ3n) is 6.38. The topological polar surface area (TPSA) is 83.8 Å². The van der Waals surface area contributed by atoms with E-state index >= 15 is 0 Å². The average Bonchev–Trinajstić information content (AvgIpc) is 2.66. The lowest BCUT2D eigenvalue weighted by Gasteiger charge is -2.43. The molecule has 2 aliphatic carbocycles. The summed E-state index contributed by atoms with van der Waals surface area (Å²) in [5.74, 6) is -0.0883. The Bertz CT molecular complexity index is 662. The first-order valence-electron chi connectivity index (χ1n) is 10.9. The molecule has 2 rings (SSSR count). The second-order valence-corrected chi connectivity index (χ2v) is 8.78. The maximum absolute atomic E-state index is 12.5. The number of aliphatic carboxylic acids is 1. The van der Waals surface area contributed by atoms with Gasteiger partial charge in [0.2, 0.25) is 0 Å². The van der Waals surface area contributed by atoms with Crippen LogP contribution in [0.2, 0.25) is 0 Å². The van der Waals surface area contributed by atoms with Crippen LogP contribution in [0.15, 0.2) is 36.0 Å². The second kappa shape index (κ2) is 10.8. The molecule has 162 valence electrons. The molecule has 29 heavy (non-hydrogen) atoms. The molecule has 0 unspecified atom stereocenters. The van der Waals surface area contributed by atoms with Crippen LogP contribution in [0.3, 0.4) is 0 Å². The van der Waals surface area contributed by atoms with Crippen LogP contribution in [0.1, 0.15) is 59.8 Å². The molecule has 2 N–H and O–H groups in total. The molecule has 0 heterocycles. The Morgan fingerprint density at radius 3 is 2.72 bits per heavy atom. The lowest BCUT2D eigenvalue weighted by molar-refractivity contribution is -0.158. The van der Waals surface area contributed by atoms with Crippen LogP contribution >= 0.6 is 0 Å². The van der Waals surface area contributed by atoms with Gasteiger partial charge in [-0.05, 0) is 55.4 Å². The highest BCUT2D eigenvalue weighted by Crippen LogP contribution is 2.45. The summed E-state index contributed by atoms with van der Waals surface area (Å²) in [6.07, 6.45) is 11.9. The molecule has 0 radical (unpaired) electrons. The van der Waals surface area contributed by atoms with Crippen molar-refractivity contribution in [1.82, 2.24) is 0 Å². The minimum atomic E-state index is -1.000. The highest BCUT2D eigenvalue weighted by atomic mass is 16.5. The van der Waals surface area contributed by atoms with Gasteiger partial charge in [0.25, 0.3) is 0 Å². The smallest absolute Gasteiger partial charge is 0.327 e. The number of carboxylic acids is 1. The quantitative estimate of drug-likeness (QED) is 0.436. The minimum absolute atomic E-state index is 0.0995. The van der Waals surface area contributed by atoms with Crippen molar-refractivity contribution in [2.75, 3.05) is 0 Å². The van der Waals surface area contributed by atoms with Crippen molar-refractivity contribution >= 4 is 11.9 Å². The number of carbonyl (C=O) groups is 2. The number of carbonyl (C=O) groups excluding carboxylic acids is 1. The molecule has 0 aliphatic heterocycles. The number of esters is 1. The van der Waals surface area contributed by atoms with E-state index in [1.54, 1.807) is 0 Å². The fraction of sp³-hybridized carbons (Fsp3) is 0.667. The average molecular weight is 405 g/mol. The maximum atomic E-state index is 12.5. The molecule has 0 aromatic heterocycles. The predicted octanol–water partition coefficient (Wildman–Crippen LogP) is 4.52. The Kier molecular flexibility index (Phi) is 8.69. The summed E-state index contributed by atoms with van der Waals surface area (Å²) in [5, 5.41) is 19.0. The summed E-state index contributed by atoms with van der Waals surface area (Å²) in [7, 11) is 0. The highest BCUT2D eigenvalue weighted by Gasteiger charge is 2.41. The SMILES string of the molecule is CC[C@H](C)C(=O)O[C@H]1C[C@@H](C)C=C2C=C[C@H](C)[C@H](CC[C@@H](O)C/C=C/C(=O)O)[C@H]21. The van der Waals surface area contributed by atoms with Crippen LogP contribution in [-0.4, -0.2) is 34.4 Å². The molecule has 0 spiro atoms. The lowest BCUT2D eigenvalue weighted by atomic mass is 9.65. The van der Waals surface area contributed by atoms with Gasteiger partial charge in [-0.15, -0.1) is 0 Å². The second-order valence-electron chi connectivity index (χ2n) is 8.78. The van der Waals surface area contributed by atoms with Gasteiger partial charge in [0, 0.05) is 12.0 Å². The van der Waals surface area contributed by atoms with Gasteiger partial charge in [-0.3, -0.25) is 4.79 Å². The summed E-state index contributed by atoms with van der Waals surface area (Å²) in [4.78, 5) is 23.1. The summed E-state index contributed by atoms with van der Waals surface area (Å²) in [5.41, 5.74) is 1.24. The van der Waals surface area contributed by atoms with E-state index in [1.807, 2.05) is 13.8 Å². The van der Waals surface area contributed by atoms with Crippen LogP contribution < -0.4 is 0 Å². The Labute approximate surface area is 174 Å². The number of ether oxygens (including phenoxy) is 1. The molecule has 7 atom stereocenters. The molecule has 0 saturated heterocycles. The molecular weight excluding hydrogens is 368 g/mol. The van der Waals surface area contributed by atoms with Crippen molar-refractivity contribution < 1.29 is 24.5 Å². The summed E-state index contributed by atoms with van der Waals surface area (Å²) < 4.78 is 6.01. The molecule has 2 aliphatic rings. The zero-order valence-electron chi connectivity index (χ0n) is 18.1. The Hall–Kier alpha value is -1.88. The molecule has 0 aromatic rings. The Morgan fingerprint density at radius 1 is 1.34 bits per heavy atom. The minimum Gasteiger partial charge on any atom is -0.478 e. The van der Waals surface area contributed by atoms with E-state index in [2.05, 4.69) is 32.1 Å². The van der Waals surface area contributed by atoms with E-state index < -0.39 is 12.1 Å². The Morgan fingerprint density at radius 2 is 2.07 bits per heavy atom. The summed E-state index contributed by atoms with van der Waals surface area (Å²) in [6, 6.07) is 0. The van der Waals surface area contributed by atoms with Crippen LogP contribution in [0.5, 0.6) is 0 Å². The van der Waals surface area contributed by atoms with Gasteiger partial charge >= 0.3 is 11.9 Å². The van der Waals surface area contributed by atoms with E-state index in [-0.39, 0.29) is 29.8 Å². The van der Waals surface area contributed by atoms with Crippen molar-refractivity contribution in [3.8, 4) is 0 Å².